The summed E-state index contributed by atoms with van der Waals surface area (Å²) in [4.78, 5) is 28.2. The van der Waals surface area contributed by atoms with Crippen molar-refractivity contribution in [2.24, 2.45) is 0 Å². The monoisotopic (exact) mass is 501 g/mol. The van der Waals surface area contributed by atoms with Gasteiger partial charge in [0.15, 0.2) is 11.6 Å². The number of rotatable bonds is 2. The summed E-state index contributed by atoms with van der Waals surface area (Å²) >= 11 is 0. The van der Waals surface area contributed by atoms with Gasteiger partial charge in [-0.1, -0.05) is 6.07 Å². The largest absolute Gasteiger partial charge is 1.00 e. The van der Waals surface area contributed by atoms with E-state index in [1.165, 1.54) is 0 Å². The van der Waals surface area contributed by atoms with Gasteiger partial charge in [0.05, 0.1) is 43.4 Å². The van der Waals surface area contributed by atoms with Gasteiger partial charge in [-0.3, -0.25) is 9.59 Å². The van der Waals surface area contributed by atoms with Crippen molar-refractivity contribution >= 4 is 31.4 Å². The van der Waals surface area contributed by atoms with Crippen LogP contribution in [-0.2, 0) is 0 Å². The Kier molecular flexibility index (Phi) is 9.17. The number of nitrogens with zero attached hydrogens (tertiary/aromatic N) is 2. The zero-order chi connectivity index (χ0) is 24.0. The van der Waals surface area contributed by atoms with Crippen molar-refractivity contribution in [3.05, 3.63) is 46.5 Å². The SMILES string of the molecule is COc1ccc2c3c1C(=O)CCN3CCC2=O.COc1ccc2c3c1C(O)CCN3CCC2O.[B].[H-].[Na+]. The van der Waals surface area contributed by atoms with Gasteiger partial charge in [0, 0.05) is 64.1 Å². The molecule has 0 bridgehead atoms. The number of carbonyl (C=O) groups excluding carboxylic acids is 2. The van der Waals surface area contributed by atoms with E-state index >= 15 is 0 Å². The molecular weight excluding hydrogens is 470 g/mol. The minimum Gasteiger partial charge on any atom is -1.00 e. The van der Waals surface area contributed by atoms with Gasteiger partial charge in [-0.25, -0.2) is 0 Å². The standard InChI is InChI=1S/C13H17NO3.C13H13NO3.B.Na.H/c2*1-17-11-3-2-8-9(15)4-6-14-7-5-10(16)12(11)13(8)14;;;/h2-3,9-10,15-16H,4-7H2,1H3;2-3H,4-7H2,1H3;;;/q;;;+1;-1. The molecule has 4 aliphatic heterocycles. The first-order valence-electron chi connectivity index (χ1n) is 11.8. The number of aliphatic hydroxyl groups excluding tert-OH is 2. The summed E-state index contributed by atoms with van der Waals surface area (Å²) in [5, 5.41) is 20.2. The summed E-state index contributed by atoms with van der Waals surface area (Å²) < 4.78 is 10.6. The van der Waals surface area contributed by atoms with Crippen LogP contribution in [-0.4, -0.2) is 70.6 Å². The molecule has 0 spiro atoms. The maximum absolute atomic E-state index is 12.0. The molecule has 0 fully saturated rings. The van der Waals surface area contributed by atoms with Crippen LogP contribution in [0.1, 0.15) is 71.2 Å². The first-order valence-corrected chi connectivity index (χ1v) is 11.8. The predicted molar refractivity (Wildman–Crippen MR) is 134 cm³/mol. The van der Waals surface area contributed by atoms with Crippen molar-refractivity contribution in [3.63, 3.8) is 0 Å². The van der Waals surface area contributed by atoms with Gasteiger partial charge in [0.1, 0.15) is 11.5 Å². The van der Waals surface area contributed by atoms with E-state index in [-0.39, 0.29) is 51.0 Å². The molecule has 0 amide bonds. The van der Waals surface area contributed by atoms with Crippen LogP contribution in [0, 0.1) is 0 Å². The number of methoxy groups -OCH3 is 2. The van der Waals surface area contributed by atoms with E-state index < -0.39 is 12.2 Å². The van der Waals surface area contributed by atoms with E-state index in [1.807, 2.05) is 12.1 Å². The van der Waals surface area contributed by atoms with Crippen LogP contribution in [0.5, 0.6) is 11.5 Å². The van der Waals surface area contributed by atoms with Gasteiger partial charge in [-0.15, -0.1) is 0 Å². The average molecular weight is 501 g/mol. The van der Waals surface area contributed by atoms with Crippen molar-refractivity contribution < 1.29 is 60.3 Å². The van der Waals surface area contributed by atoms with Gasteiger partial charge < -0.3 is 30.9 Å². The number of ether oxygens (including phenoxy) is 2. The molecule has 2 aromatic rings. The second-order valence-electron chi connectivity index (χ2n) is 9.09. The normalized spacial score (nSPS) is 21.1. The molecule has 36 heavy (non-hydrogen) atoms. The molecule has 2 unspecified atom stereocenters. The minimum atomic E-state index is -0.485. The third-order valence-electron chi connectivity index (χ3n) is 7.25. The Morgan fingerprint density at radius 2 is 1.39 bits per heavy atom. The minimum absolute atomic E-state index is 0. The third-order valence-corrected chi connectivity index (χ3v) is 7.25. The number of anilines is 2. The van der Waals surface area contributed by atoms with Crippen molar-refractivity contribution in [2.75, 3.05) is 50.2 Å². The fraction of sp³-hybridized carbons (Fsp3) is 0.462. The van der Waals surface area contributed by atoms with Gasteiger partial charge in [-0.05, 0) is 31.0 Å². The molecule has 4 heterocycles. The molecule has 6 rings (SSSR count). The Morgan fingerprint density at radius 1 is 0.806 bits per heavy atom. The van der Waals surface area contributed by atoms with Crippen LogP contribution in [0.15, 0.2) is 24.3 Å². The predicted octanol–water partition coefficient (Wildman–Crippen LogP) is -0.214. The van der Waals surface area contributed by atoms with Crippen molar-refractivity contribution in [1.82, 2.24) is 0 Å². The summed E-state index contributed by atoms with van der Waals surface area (Å²) in [7, 11) is 3.16. The van der Waals surface area contributed by atoms with Crippen LogP contribution in [0.2, 0.25) is 0 Å². The Bertz CT molecular complexity index is 1160. The molecule has 0 saturated heterocycles. The van der Waals surface area contributed by atoms with E-state index in [0.717, 1.165) is 54.2 Å². The second-order valence-corrected chi connectivity index (χ2v) is 9.09. The van der Waals surface area contributed by atoms with Gasteiger partial charge in [-0.2, -0.15) is 0 Å². The Morgan fingerprint density at radius 3 is 2.06 bits per heavy atom. The molecule has 185 valence electrons. The molecule has 8 nitrogen and oxygen atoms in total. The van der Waals surface area contributed by atoms with Gasteiger partial charge in [0.25, 0.3) is 0 Å². The van der Waals surface area contributed by atoms with Crippen LogP contribution < -0.4 is 48.8 Å². The summed E-state index contributed by atoms with van der Waals surface area (Å²) in [5.41, 5.74) is 4.80. The Hall–Kier alpha value is -2.04. The van der Waals surface area contributed by atoms with E-state index in [9.17, 15) is 19.8 Å². The van der Waals surface area contributed by atoms with Crippen molar-refractivity contribution in [1.29, 1.82) is 0 Å². The first kappa shape index (κ1) is 28.5. The molecule has 2 N–H and O–H groups in total. The smallest absolute Gasteiger partial charge is 1.00 e. The number of hydrogen-bond acceptors (Lipinski definition) is 8. The third kappa shape index (κ3) is 4.79. The molecular formula is C26H31BN2NaO6. The molecule has 4 aliphatic rings. The number of hydrogen-bond donors (Lipinski definition) is 2. The molecule has 2 aromatic carbocycles. The number of ketones is 2. The van der Waals surface area contributed by atoms with E-state index in [2.05, 4.69) is 9.80 Å². The molecule has 2 atom stereocenters. The fourth-order valence-electron chi connectivity index (χ4n) is 5.55. The number of benzene rings is 2. The first-order chi connectivity index (χ1) is 16.4. The van der Waals surface area contributed by atoms with E-state index in [1.54, 1.807) is 26.4 Å². The topological polar surface area (TPSA) is 99.5 Å². The number of carbonyl (C=O) groups is 2. The van der Waals surface area contributed by atoms with Crippen LogP contribution >= 0.6 is 0 Å². The zero-order valence-corrected chi connectivity index (χ0v) is 23.1. The molecule has 0 aliphatic carbocycles. The van der Waals surface area contributed by atoms with Gasteiger partial charge in [0.2, 0.25) is 0 Å². The molecule has 3 radical (unpaired) electrons. The average Bonchev–Trinajstić information content (AvgIpc) is 2.86. The van der Waals surface area contributed by atoms with E-state index in [4.69, 9.17) is 9.47 Å². The summed E-state index contributed by atoms with van der Waals surface area (Å²) in [6.07, 6.45) is 1.61. The fourth-order valence-corrected chi connectivity index (χ4v) is 5.55. The van der Waals surface area contributed by atoms with E-state index in [0.29, 0.717) is 42.8 Å². The van der Waals surface area contributed by atoms with Crippen molar-refractivity contribution in [2.45, 2.75) is 37.9 Å². The molecule has 0 saturated carbocycles. The number of Topliss-reactive ketones (excluding diaryl/α,β-unsaturated/α-hetero) is 2. The summed E-state index contributed by atoms with van der Waals surface area (Å²) in [5.74, 6) is 1.49. The zero-order valence-electron chi connectivity index (χ0n) is 22.1. The molecule has 10 heteroatoms. The van der Waals surface area contributed by atoms with Crippen molar-refractivity contribution in [3.8, 4) is 11.5 Å². The van der Waals surface area contributed by atoms with Crippen LogP contribution in [0.25, 0.3) is 0 Å². The summed E-state index contributed by atoms with van der Waals surface area (Å²) in [6, 6.07) is 7.24. The second kappa shape index (κ2) is 11.6. The van der Waals surface area contributed by atoms with Crippen LogP contribution in [0.4, 0.5) is 11.4 Å². The van der Waals surface area contributed by atoms with Crippen LogP contribution in [0.3, 0.4) is 0 Å². The molecule has 0 aromatic heterocycles. The Balaban J connectivity index is 0.000000241. The Labute approximate surface area is 236 Å². The van der Waals surface area contributed by atoms with Gasteiger partial charge >= 0.3 is 29.6 Å². The maximum Gasteiger partial charge on any atom is 1.00 e. The number of aliphatic hydroxyl groups is 2. The maximum atomic E-state index is 12.0. The quantitative estimate of drug-likeness (QED) is 0.546. The summed E-state index contributed by atoms with van der Waals surface area (Å²) in [6.45, 7) is 3.11.